The van der Waals surface area contributed by atoms with E-state index in [0.717, 1.165) is 22.6 Å². The summed E-state index contributed by atoms with van der Waals surface area (Å²) in [5.41, 5.74) is 5.28. The molecule has 0 amide bonds. The van der Waals surface area contributed by atoms with E-state index in [0.29, 0.717) is 6.42 Å². The second-order valence-electron chi connectivity index (χ2n) is 4.69. The third-order valence-corrected chi connectivity index (χ3v) is 3.56. The zero-order valence-electron chi connectivity index (χ0n) is 11.4. The maximum absolute atomic E-state index is 10.1. The van der Waals surface area contributed by atoms with Crippen LogP contribution < -0.4 is 0 Å². The highest BCUT2D eigenvalue weighted by Crippen LogP contribution is 2.25. The Morgan fingerprint density at radius 2 is 1.89 bits per heavy atom. The summed E-state index contributed by atoms with van der Waals surface area (Å²) in [5.74, 6) is 0. The first-order valence-electron chi connectivity index (χ1n) is 6.36. The van der Waals surface area contributed by atoms with E-state index < -0.39 is 6.10 Å². The normalized spacial score (nSPS) is 12.7. The van der Waals surface area contributed by atoms with Gasteiger partial charge in [0.05, 0.1) is 17.5 Å². The number of rotatable bonds is 3. The third kappa shape index (κ3) is 2.06. The van der Waals surface area contributed by atoms with Crippen LogP contribution in [-0.4, -0.2) is 14.9 Å². The fourth-order valence-corrected chi connectivity index (χ4v) is 2.14. The van der Waals surface area contributed by atoms with Gasteiger partial charge in [-0.05, 0) is 38.8 Å². The first-order chi connectivity index (χ1) is 8.56. The lowest BCUT2D eigenvalue weighted by Gasteiger charge is -2.15. The number of nitrogens with zero attached hydrogens (tertiary/aromatic N) is 2. The fraction of sp³-hybridized carbons (Fsp3) is 0.400. The van der Waals surface area contributed by atoms with Gasteiger partial charge in [0.15, 0.2) is 0 Å². The Balaban J connectivity index is 2.60. The van der Waals surface area contributed by atoms with E-state index in [2.05, 4.69) is 18.9 Å². The smallest absolute Gasteiger partial charge is 0.0808 e. The molecule has 18 heavy (non-hydrogen) atoms. The van der Waals surface area contributed by atoms with Crippen LogP contribution in [0.15, 0.2) is 24.3 Å². The van der Waals surface area contributed by atoms with Gasteiger partial charge in [-0.3, -0.25) is 0 Å². The van der Waals surface area contributed by atoms with Gasteiger partial charge in [0.1, 0.15) is 0 Å². The zero-order valence-corrected chi connectivity index (χ0v) is 11.4. The van der Waals surface area contributed by atoms with Gasteiger partial charge < -0.3 is 5.11 Å². The predicted molar refractivity (Wildman–Crippen MR) is 73.0 cm³/mol. The number of aryl methyl sites for hydroxylation is 1. The van der Waals surface area contributed by atoms with Crippen molar-refractivity contribution < 1.29 is 5.11 Å². The van der Waals surface area contributed by atoms with Crippen LogP contribution in [0.3, 0.4) is 0 Å². The Labute approximate surface area is 108 Å². The van der Waals surface area contributed by atoms with Gasteiger partial charge in [0.2, 0.25) is 0 Å². The van der Waals surface area contributed by atoms with Crippen molar-refractivity contribution in [3.8, 4) is 5.69 Å². The lowest BCUT2D eigenvalue weighted by Crippen LogP contribution is -2.06. The lowest BCUT2D eigenvalue weighted by atomic mass is 10.0. The van der Waals surface area contributed by atoms with Crippen molar-refractivity contribution in [3.05, 3.63) is 46.8 Å². The molecule has 96 valence electrons. The van der Waals surface area contributed by atoms with E-state index in [9.17, 15) is 5.11 Å². The average molecular weight is 244 g/mol. The maximum atomic E-state index is 10.1. The summed E-state index contributed by atoms with van der Waals surface area (Å²) in [7, 11) is 0. The van der Waals surface area contributed by atoms with E-state index >= 15 is 0 Å². The third-order valence-electron chi connectivity index (χ3n) is 3.56. The second-order valence-corrected chi connectivity index (χ2v) is 4.69. The molecular weight excluding hydrogens is 224 g/mol. The van der Waals surface area contributed by atoms with Gasteiger partial charge in [-0.25, -0.2) is 4.68 Å². The van der Waals surface area contributed by atoms with Crippen LogP contribution in [0.2, 0.25) is 0 Å². The van der Waals surface area contributed by atoms with E-state index in [1.54, 1.807) is 0 Å². The first kappa shape index (κ1) is 12.8. The van der Waals surface area contributed by atoms with Crippen LogP contribution in [0.25, 0.3) is 5.69 Å². The Morgan fingerprint density at radius 3 is 2.44 bits per heavy atom. The van der Waals surface area contributed by atoms with Crippen LogP contribution in [0, 0.1) is 20.8 Å². The molecule has 1 aromatic carbocycles. The Kier molecular flexibility index (Phi) is 3.53. The minimum atomic E-state index is -0.439. The number of para-hydroxylation sites is 1. The van der Waals surface area contributed by atoms with Crippen LogP contribution in [0.4, 0.5) is 0 Å². The quantitative estimate of drug-likeness (QED) is 0.900. The number of aliphatic hydroxyl groups excluding tert-OH is 1. The monoisotopic (exact) mass is 244 g/mol. The Bertz CT molecular complexity index is 558. The first-order valence-corrected chi connectivity index (χ1v) is 6.36. The molecule has 3 nitrogen and oxygen atoms in total. The molecule has 3 heteroatoms. The highest BCUT2D eigenvalue weighted by molar-refractivity contribution is 5.44. The van der Waals surface area contributed by atoms with Gasteiger partial charge in [-0.1, -0.05) is 25.1 Å². The minimum absolute atomic E-state index is 0.439. The standard InChI is InChI=1S/C15H20N2O/c1-5-15(18)13-8-6-7-9-14(13)17-12(4)10(2)11(3)16-17/h6-9,15,18H,5H2,1-4H3/t15-/m1/s1. The highest BCUT2D eigenvalue weighted by Gasteiger charge is 2.15. The van der Waals surface area contributed by atoms with E-state index in [1.807, 2.05) is 42.8 Å². The van der Waals surface area contributed by atoms with Gasteiger partial charge in [0, 0.05) is 11.3 Å². The Morgan fingerprint density at radius 1 is 1.22 bits per heavy atom. The summed E-state index contributed by atoms with van der Waals surface area (Å²) >= 11 is 0. The molecule has 0 unspecified atom stereocenters. The van der Waals surface area contributed by atoms with E-state index in [4.69, 9.17) is 0 Å². The van der Waals surface area contributed by atoms with Crippen molar-refractivity contribution >= 4 is 0 Å². The van der Waals surface area contributed by atoms with Crippen LogP contribution in [0.1, 0.15) is 42.0 Å². The molecule has 0 radical (unpaired) electrons. The molecule has 2 rings (SSSR count). The molecule has 2 aromatic rings. The predicted octanol–water partition coefficient (Wildman–Crippen LogP) is 3.24. The van der Waals surface area contributed by atoms with Crippen LogP contribution >= 0.6 is 0 Å². The number of hydrogen-bond donors (Lipinski definition) is 1. The summed E-state index contributed by atoms with van der Waals surface area (Å²) in [5, 5.41) is 14.7. The molecule has 0 saturated heterocycles. The lowest BCUT2D eigenvalue weighted by molar-refractivity contribution is 0.173. The molecule has 1 aromatic heterocycles. The summed E-state index contributed by atoms with van der Waals surface area (Å²) in [4.78, 5) is 0. The van der Waals surface area contributed by atoms with Crippen LogP contribution in [0.5, 0.6) is 0 Å². The molecule has 0 saturated carbocycles. The summed E-state index contributed by atoms with van der Waals surface area (Å²) in [6, 6.07) is 7.91. The number of benzene rings is 1. The molecule has 0 fully saturated rings. The van der Waals surface area contributed by atoms with Gasteiger partial charge in [-0.2, -0.15) is 5.10 Å². The molecule has 1 N–H and O–H groups in total. The summed E-state index contributed by atoms with van der Waals surface area (Å²) in [6.45, 7) is 8.13. The van der Waals surface area contributed by atoms with Crippen molar-refractivity contribution in [2.45, 2.75) is 40.2 Å². The van der Waals surface area contributed by atoms with Gasteiger partial charge in [0.25, 0.3) is 0 Å². The molecule has 0 spiro atoms. The molecule has 0 aliphatic carbocycles. The number of aliphatic hydroxyl groups is 1. The van der Waals surface area contributed by atoms with Gasteiger partial charge >= 0.3 is 0 Å². The number of aromatic nitrogens is 2. The van der Waals surface area contributed by atoms with Gasteiger partial charge in [-0.15, -0.1) is 0 Å². The fourth-order valence-electron chi connectivity index (χ4n) is 2.14. The summed E-state index contributed by atoms with van der Waals surface area (Å²) < 4.78 is 1.93. The second kappa shape index (κ2) is 4.94. The minimum Gasteiger partial charge on any atom is -0.388 e. The van der Waals surface area contributed by atoms with Crippen molar-refractivity contribution in [2.24, 2.45) is 0 Å². The molecule has 0 aliphatic heterocycles. The summed E-state index contributed by atoms with van der Waals surface area (Å²) in [6.07, 6.45) is 0.264. The van der Waals surface area contributed by atoms with Crippen molar-refractivity contribution in [3.63, 3.8) is 0 Å². The average Bonchev–Trinajstić information content (AvgIpc) is 2.65. The van der Waals surface area contributed by atoms with Crippen molar-refractivity contribution in [1.29, 1.82) is 0 Å². The molecule has 1 heterocycles. The highest BCUT2D eigenvalue weighted by atomic mass is 16.3. The Hall–Kier alpha value is -1.61. The number of hydrogen-bond acceptors (Lipinski definition) is 2. The van der Waals surface area contributed by atoms with Crippen molar-refractivity contribution in [1.82, 2.24) is 9.78 Å². The zero-order chi connectivity index (χ0) is 13.3. The largest absolute Gasteiger partial charge is 0.388 e. The van der Waals surface area contributed by atoms with E-state index in [-0.39, 0.29) is 0 Å². The molecular formula is C15H20N2O. The maximum Gasteiger partial charge on any atom is 0.0808 e. The topological polar surface area (TPSA) is 38.0 Å². The van der Waals surface area contributed by atoms with E-state index in [1.165, 1.54) is 5.56 Å². The molecule has 0 aliphatic rings. The van der Waals surface area contributed by atoms with Crippen molar-refractivity contribution in [2.75, 3.05) is 0 Å². The molecule has 0 bridgehead atoms. The SMILES string of the molecule is CC[C@@H](O)c1ccccc1-n1nc(C)c(C)c1C. The molecule has 1 atom stereocenters. The van der Waals surface area contributed by atoms with Crippen LogP contribution in [-0.2, 0) is 0 Å².